The van der Waals surface area contributed by atoms with Crippen molar-refractivity contribution in [1.82, 2.24) is 15.1 Å². The molecule has 0 fully saturated rings. The molecule has 4 nitrogen and oxygen atoms in total. The number of aliphatic hydroxyl groups is 1. The van der Waals surface area contributed by atoms with Gasteiger partial charge in [-0.2, -0.15) is 5.10 Å². The number of aryl methyl sites for hydroxylation is 1. The summed E-state index contributed by atoms with van der Waals surface area (Å²) in [6.45, 7) is 2.92. The smallest absolute Gasteiger partial charge is 0.132 e. The van der Waals surface area contributed by atoms with E-state index in [1.165, 1.54) is 5.56 Å². The zero-order valence-corrected chi connectivity index (χ0v) is 17.6. The molecule has 2 N–H and O–H groups in total. The van der Waals surface area contributed by atoms with E-state index in [1.54, 1.807) is 16.8 Å². The standard InChI is InChI=1S/C21H20Cl3N3O/c1-12-17(10-25-20-16-5-3-2-4-13(16)8-19(20)28)21(24)27(26-12)11-14-6-7-15(22)9-18(14)23/h2-7,9,19-20,25,28H,8,10-11H2,1H3/t19-,20+/m0/s1. The van der Waals surface area contributed by atoms with Crippen molar-refractivity contribution in [2.75, 3.05) is 0 Å². The Kier molecular flexibility index (Phi) is 5.68. The van der Waals surface area contributed by atoms with E-state index < -0.39 is 6.10 Å². The molecule has 0 saturated heterocycles. The normalized spacial score (nSPS) is 18.5. The summed E-state index contributed by atoms with van der Waals surface area (Å²) >= 11 is 18.9. The third-order valence-corrected chi connectivity index (χ3v) is 6.23. The number of aromatic nitrogens is 2. The van der Waals surface area contributed by atoms with Gasteiger partial charge in [-0.1, -0.05) is 65.1 Å². The number of hydrogen-bond donors (Lipinski definition) is 2. The number of nitrogens with one attached hydrogen (secondary N) is 1. The molecule has 1 aliphatic carbocycles. The van der Waals surface area contributed by atoms with Gasteiger partial charge in [0.2, 0.25) is 0 Å². The molecule has 146 valence electrons. The molecule has 1 heterocycles. The van der Waals surface area contributed by atoms with Crippen LogP contribution >= 0.6 is 34.8 Å². The molecule has 0 radical (unpaired) electrons. The van der Waals surface area contributed by atoms with Crippen LogP contribution in [0.25, 0.3) is 0 Å². The first kappa shape index (κ1) is 19.7. The van der Waals surface area contributed by atoms with E-state index in [9.17, 15) is 5.11 Å². The second-order valence-electron chi connectivity index (χ2n) is 7.08. The van der Waals surface area contributed by atoms with E-state index in [1.807, 2.05) is 25.1 Å². The third kappa shape index (κ3) is 3.80. The van der Waals surface area contributed by atoms with Crippen LogP contribution in [0, 0.1) is 6.92 Å². The molecule has 3 aromatic rings. The van der Waals surface area contributed by atoms with Gasteiger partial charge in [0.05, 0.1) is 24.4 Å². The highest BCUT2D eigenvalue weighted by Gasteiger charge is 2.30. The molecule has 0 aliphatic heterocycles. The van der Waals surface area contributed by atoms with Gasteiger partial charge >= 0.3 is 0 Å². The molecule has 1 aromatic heterocycles. The molecular formula is C21H20Cl3N3O. The summed E-state index contributed by atoms with van der Waals surface area (Å²) in [6, 6.07) is 13.4. The van der Waals surface area contributed by atoms with Crippen LogP contribution in [0.4, 0.5) is 0 Å². The molecule has 2 aromatic carbocycles. The number of halogens is 3. The van der Waals surface area contributed by atoms with Crippen molar-refractivity contribution >= 4 is 34.8 Å². The van der Waals surface area contributed by atoms with E-state index >= 15 is 0 Å². The molecule has 0 saturated carbocycles. The van der Waals surface area contributed by atoms with Gasteiger partial charge in [-0.25, -0.2) is 4.68 Å². The zero-order valence-electron chi connectivity index (χ0n) is 15.3. The van der Waals surface area contributed by atoms with Crippen molar-refractivity contribution < 1.29 is 5.11 Å². The minimum atomic E-state index is -0.445. The van der Waals surface area contributed by atoms with Crippen LogP contribution in [-0.2, 0) is 19.5 Å². The van der Waals surface area contributed by atoms with Gasteiger partial charge < -0.3 is 10.4 Å². The van der Waals surface area contributed by atoms with Gasteiger partial charge in [0.15, 0.2) is 0 Å². The highest BCUT2D eigenvalue weighted by Crippen LogP contribution is 2.32. The van der Waals surface area contributed by atoms with Crippen molar-refractivity contribution in [3.05, 3.63) is 85.6 Å². The molecule has 1 aliphatic rings. The quantitative estimate of drug-likeness (QED) is 0.595. The lowest BCUT2D eigenvalue weighted by atomic mass is 10.1. The SMILES string of the molecule is Cc1nn(Cc2ccc(Cl)cc2Cl)c(Cl)c1CN[C@@H]1c2ccccc2C[C@@H]1O. The number of rotatable bonds is 5. The van der Waals surface area contributed by atoms with Crippen LogP contribution in [0.2, 0.25) is 15.2 Å². The Morgan fingerprint density at radius 3 is 2.75 bits per heavy atom. The summed E-state index contributed by atoms with van der Waals surface area (Å²) < 4.78 is 1.74. The number of aliphatic hydroxyl groups excluding tert-OH is 1. The van der Waals surface area contributed by atoms with Crippen LogP contribution in [0.15, 0.2) is 42.5 Å². The molecule has 0 spiro atoms. The first-order valence-corrected chi connectivity index (χ1v) is 10.2. The summed E-state index contributed by atoms with van der Waals surface area (Å²) in [5.74, 6) is 0. The van der Waals surface area contributed by atoms with Gasteiger partial charge in [0.25, 0.3) is 0 Å². The number of nitrogens with zero attached hydrogens (tertiary/aromatic N) is 2. The Labute approximate surface area is 179 Å². The Bertz CT molecular complexity index is 1020. The van der Waals surface area contributed by atoms with Gasteiger partial charge in [-0.05, 0) is 35.7 Å². The second-order valence-corrected chi connectivity index (χ2v) is 8.28. The summed E-state index contributed by atoms with van der Waals surface area (Å²) in [5.41, 5.74) is 4.99. The van der Waals surface area contributed by atoms with E-state index in [0.717, 1.165) is 22.4 Å². The molecule has 0 bridgehead atoms. The van der Waals surface area contributed by atoms with Crippen LogP contribution in [0.5, 0.6) is 0 Å². The molecule has 7 heteroatoms. The molecule has 4 rings (SSSR count). The molecule has 2 atom stereocenters. The van der Waals surface area contributed by atoms with E-state index in [-0.39, 0.29) is 6.04 Å². The van der Waals surface area contributed by atoms with Crippen LogP contribution in [-0.4, -0.2) is 21.0 Å². The predicted molar refractivity (Wildman–Crippen MR) is 113 cm³/mol. The van der Waals surface area contributed by atoms with Crippen molar-refractivity contribution in [2.45, 2.75) is 38.6 Å². The fourth-order valence-electron chi connectivity index (χ4n) is 3.74. The Morgan fingerprint density at radius 1 is 1.18 bits per heavy atom. The number of benzene rings is 2. The number of hydrogen-bond acceptors (Lipinski definition) is 3. The van der Waals surface area contributed by atoms with Crippen molar-refractivity contribution in [3.63, 3.8) is 0 Å². The van der Waals surface area contributed by atoms with Gasteiger partial charge in [0.1, 0.15) is 5.15 Å². The first-order valence-electron chi connectivity index (χ1n) is 9.09. The molecule has 0 amide bonds. The monoisotopic (exact) mass is 435 g/mol. The first-order chi connectivity index (χ1) is 13.4. The van der Waals surface area contributed by atoms with Crippen molar-refractivity contribution in [3.8, 4) is 0 Å². The fraction of sp³-hybridized carbons (Fsp3) is 0.286. The number of fused-ring (bicyclic) bond motifs is 1. The van der Waals surface area contributed by atoms with Crippen LogP contribution in [0.1, 0.15) is 34.0 Å². The highest BCUT2D eigenvalue weighted by atomic mass is 35.5. The molecular weight excluding hydrogens is 417 g/mol. The average molecular weight is 437 g/mol. The molecule has 28 heavy (non-hydrogen) atoms. The summed E-state index contributed by atoms with van der Waals surface area (Å²) in [5, 5.41) is 20.2. The average Bonchev–Trinajstić information content (AvgIpc) is 3.11. The van der Waals surface area contributed by atoms with Gasteiger partial charge in [-0.3, -0.25) is 0 Å². The van der Waals surface area contributed by atoms with E-state index in [0.29, 0.717) is 34.7 Å². The Hall–Kier alpha value is -1.56. The topological polar surface area (TPSA) is 50.1 Å². The summed E-state index contributed by atoms with van der Waals surface area (Å²) in [6.07, 6.45) is 0.217. The highest BCUT2D eigenvalue weighted by molar-refractivity contribution is 6.35. The summed E-state index contributed by atoms with van der Waals surface area (Å²) in [7, 11) is 0. The maximum absolute atomic E-state index is 10.4. The van der Waals surface area contributed by atoms with E-state index in [2.05, 4.69) is 22.5 Å². The Morgan fingerprint density at radius 2 is 1.96 bits per heavy atom. The lowest BCUT2D eigenvalue weighted by Gasteiger charge is -2.18. The largest absolute Gasteiger partial charge is 0.391 e. The maximum atomic E-state index is 10.4. The maximum Gasteiger partial charge on any atom is 0.132 e. The minimum Gasteiger partial charge on any atom is -0.391 e. The second kappa shape index (κ2) is 8.05. The predicted octanol–water partition coefficient (Wildman–Crippen LogP) is 4.95. The van der Waals surface area contributed by atoms with Crippen LogP contribution in [0.3, 0.4) is 0 Å². The van der Waals surface area contributed by atoms with Gasteiger partial charge in [-0.15, -0.1) is 0 Å². The van der Waals surface area contributed by atoms with E-state index in [4.69, 9.17) is 34.8 Å². The van der Waals surface area contributed by atoms with Crippen LogP contribution < -0.4 is 5.32 Å². The third-order valence-electron chi connectivity index (χ3n) is 5.22. The fourth-order valence-corrected chi connectivity index (χ4v) is 4.51. The minimum absolute atomic E-state index is 0.110. The van der Waals surface area contributed by atoms with Gasteiger partial charge in [0, 0.05) is 28.6 Å². The molecule has 0 unspecified atom stereocenters. The summed E-state index contributed by atoms with van der Waals surface area (Å²) in [4.78, 5) is 0. The Balaban J connectivity index is 1.52. The lowest BCUT2D eigenvalue weighted by molar-refractivity contribution is 0.140. The zero-order chi connectivity index (χ0) is 19.8. The lowest BCUT2D eigenvalue weighted by Crippen LogP contribution is -2.28. The van der Waals surface area contributed by atoms with Crippen molar-refractivity contribution in [2.24, 2.45) is 0 Å². The van der Waals surface area contributed by atoms with Crippen molar-refractivity contribution in [1.29, 1.82) is 0 Å².